The molecule has 1 aromatic carbocycles. The number of pyridine rings is 1. The minimum atomic E-state index is -0.313. The minimum Gasteiger partial charge on any atom is -0.384 e. The second-order valence-corrected chi connectivity index (χ2v) is 4.26. The van der Waals surface area contributed by atoms with Crippen molar-refractivity contribution in [2.75, 3.05) is 19.0 Å². The van der Waals surface area contributed by atoms with Crippen molar-refractivity contribution < 1.29 is 9.13 Å². The fourth-order valence-electron chi connectivity index (χ4n) is 1.87. The molecule has 4 heteroatoms. The van der Waals surface area contributed by atoms with Crippen LogP contribution in [-0.2, 0) is 17.7 Å². The Hall–Kier alpha value is -1.94. The lowest BCUT2D eigenvalue weighted by Gasteiger charge is -2.11. The molecule has 19 heavy (non-hydrogen) atoms. The number of nitrogens with zero attached hydrogens (tertiary/aromatic N) is 1. The largest absolute Gasteiger partial charge is 0.384 e. The molecule has 3 nitrogen and oxygen atoms in total. The van der Waals surface area contributed by atoms with Gasteiger partial charge in [0, 0.05) is 25.5 Å². The summed E-state index contributed by atoms with van der Waals surface area (Å²) in [4.78, 5) is 3.83. The number of halogens is 1. The van der Waals surface area contributed by atoms with E-state index in [1.165, 1.54) is 17.8 Å². The van der Waals surface area contributed by atoms with Gasteiger partial charge in [-0.2, -0.15) is 0 Å². The molecule has 1 aromatic heterocycles. The van der Waals surface area contributed by atoms with Crippen LogP contribution < -0.4 is 5.32 Å². The smallest absolute Gasteiger partial charge is 0.141 e. The first-order chi connectivity index (χ1) is 9.29. The molecule has 0 unspecified atom stereocenters. The number of nitrogens with one attached hydrogen (secondary N) is 1. The summed E-state index contributed by atoms with van der Waals surface area (Å²) < 4.78 is 18.1. The highest BCUT2D eigenvalue weighted by Crippen LogP contribution is 2.16. The van der Waals surface area contributed by atoms with Crippen molar-refractivity contribution in [1.82, 2.24) is 4.98 Å². The van der Waals surface area contributed by atoms with E-state index in [2.05, 4.69) is 16.4 Å². The number of anilines is 1. The number of hydrogen-bond acceptors (Lipinski definition) is 3. The third-order valence-corrected chi connectivity index (χ3v) is 2.84. The maximum absolute atomic E-state index is 13.0. The number of aromatic nitrogens is 1. The minimum absolute atomic E-state index is 0.313. The van der Waals surface area contributed by atoms with E-state index in [1.807, 2.05) is 18.2 Å². The number of methoxy groups -OCH3 is 1. The zero-order valence-electron chi connectivity index (χ0n) is 10.9. The highest BCUT2D eigenvalue weighted by molar-refractivity contribution is 5.51. The quantitative estimate of drug-likeness (QED) is 0.867. The van der Waals surface area contributed by atoms with Gasteiger partial charge in [-0.3, -0.25) is 4.98 Å². The number of benzene rings is 1. The molecule has 0 atom stereocenters. The van der Waals surface area contributed by atoms with Crippen LogP contribution in [0.4, 0.5) is 10.1 Å². The first-order valence-electron chi connectivity index (χ1n) is 6.20. The van der Waals surface area contributed by atoms with E-state index in [4.69, 9.17) is 4.74 Å². The molecule has 2 aromatic rings. The van der Waals surface area contributed by atoms with Crippen LogP contribution in [0.5, 0.6) is 0 Å². The Kier molecular flexibility index (Phi) is 4.86. The molecule has 100 valence electrons. The second kappa shape index (κ2) is 6.85. The van der Waals surface area contributed by atoms with E-state index in [9.17, 15) is 4.39 Å². The van der Waals surface area contributed by atoms with Gasteiger partial charge in [0.1, 0.15) is 5.82 Å². The van der Waals surface area contributed by atoms with Gasteiger partial charge in [0.05, 0.1) is 12.8 Å². The second-order valence-electron chi connectivity index (χ2n) is 4.26. The van der Waals surface area contributed by atoms with Gasteiger partial charge in [-0.25, -0.2) is 4.39 Å². The van der Waals surface area contributed by atoms with Gasteiger partial charge in [0.2, 0.25) is 0 Å². The van der Waals surface area contributed by atoms with Crippen LogP contribution >= 0.6 is 0 Å². The van der Waals surface area contributed by atoms with Crippen LogP contribution in [0.15, 0.2) is 42.7 Å². The Labute approximate surface area is 112 Å². The van der Waals surface area contributed by atoms with Crippen molar-refractivity contribution in [3.8, 4) is 0 Å². The lowest BCUT2D eigenvalue weighted by Crippen LogP contribution is -2.04. The van der Waals surface area contributed by atoms with Crippen LogP contribution in [0, 0.1) is 5.82 Å². The Morgan fingerprint density at radius 3 is 2.89 bits per heavy atom. The Balaban J connectivity index is 2.02. The Morgan fingerprint density at radius 1 is 1.26 bits per heavy atom. The summed E-state index contributed by atoms with van der Waals surface area (Å²) in [6, 6.07) is 9.53. The van der Waals surface area contributed by atoms with Crippen molar-refractivity contribution in [1.29, 1.82) is 0 Å². The highest BCUT2D eigenvalue weighted by Gasteiger charge is 2.02. The molecule has 0 bridgehead atoms. The number of rotatable bonds is 6. The first-order valence-corrected chi connectivity index (χ1v) is 6.20. The van der Waals surface area contributed by atoms with Crippen molar-refractivity contribution in [3.05, 3.63) is 59.7 Å². The molecule has 0 amide bonds. The number of para-hydroxylation sites is 1. The summed E-state index contributed by atoms with van der Waals surface area (Å²) in [6.07, 6.45) is 3.71. The molecule has 0 radical (unpaired) electrons. The average molecular weight is 260 g/mol. The van der Waals surface area contributed by atoms with Gasteiger partial charge in [-0.15, -0.1) is 0 Å². The van der Waals surface area contributed by atoms with E-state index in [-0.39, 0.29) is 5.82 Å². The standard InChI is InChI=1S/C15H17FN2O/c1-19-7-6-13-4-2-3-5-15(13)18-10-12-8-14(16)11-17-9-12/h2-5,8-9,11,18H,6-7,10H2,1H3. The van der Waals surface area contributed by atoms with E-state index >= 15 is 0 Å². The SMILES string of the molecule is COCCc1ccccc1NCc1cncc(F)c1. The van der Waals surface area contributed by atoms with E-state index in [1.54, 1.807) is 13.3 Å². The van der Waals surface area contributed by atoms with Crippen LogP contribution in [0.1, 0.15) is 11.1 Å². The molecule has 1 heterocycles. The molecular weight excluding hydrogens is 243 g/mol. The summed E-state index contributed by atoms with van der Waals surface area (Å²) in [7, 11) is 1.69. The van der Waals surface area contributed by atoms with Gasteiger partial charge < -0.3 is 10.1 Å². The van der Waals surface area contributed by atoms with Crippen LogP contribution in [-0.4, -0.2) is 18.7 Å². The lowest BCUT2D eigenvalue weighted by molar-refractivity contribution is 0.202. The maximum atomic E-state index is 13.0. The summed E-state index contributed by atoms with van der Waals surface area (Å²) >= 11 is 0. The molecule has 1 N–H and O–H groups in total. The van der Waals surface area contributed by atoms with Crippen molar-refractivity contribution in [2.24, 2.45) is 0 Å². The van der Waals surface area contributed by atoms with E-state index in [0.717, 1.165) is 17.7 Å². The number of hydrogen-bond donors (Lipinski definition) is 1. The summed E-state index contributed by atoms with van der Waals surface area (Å²) in [6.45, 7) is 1.23. The van der Waals surface area contributed by atoms with Gasteiger partial charge >= 0.3 is 0 Å². The lowest BCUT2D eigenvalue weighted by atomic mass is 10.1. The van der Waals surface area contributed by atoms with Crippen molar-refractivity contribution in [3.63, 3.8) is 0 Å². The average Bonchev–Trinajstić information content (AvgIpc) is 2.44. The molecule has 0 fully saturated rings. The molecule has 0 saturated heterocycles. The summed E-state index contributed by atoms with van der Waals surface area (Å²) in [5.74, 6) is -0.313. The molecule has 0 aliphatic carbocycles. The van der Waals surface area contributed by atoms with Crippen LogP contribution in [0.2, 0.25) is 0 Å². The van der Waals surface area contributed by atoms with Crippen LogP contribution in [0.25, 0.3) is 0 Å². The van der Waals surface area contributed by atoms with E-state index in [0.29, 0.717) is 13.2 Å². The van der Waals surface area contributed by atoms with Crippen molar-refractivity contribution >= 4 is 5.69 Å². The summed E-state index contributed by atoms with van der Waals surface area (Å²) in [5, 5.41) is 3.30. The van der Waals surface area contributed by atoms with Gasteiger partial charge in [-0.05, 0) is 29.7 Å². The summed E-state index contributed by atoms with van der Waals surface area (Å²) in [5.41, 5.74) is 3.05. The molecule has 0 aliphatic heterocycles. The predicted octanol–water partition coefficient (Wildman–Crippen LogP) is 3.02. The fourth-order valence-corrected chi connectivity index (χ4v) is 1.87. The van der Waals surface area contributed by atoms with Gasteiger partial charge in [0.15, 0.2) is 0 Å². The molecule has 0 aliphatic rings. The first kappa shape index (κ1) is 13.5. The fraction of sp³-hybridized carbons (Fsp3) is 0.267. The normalized spacial score (nSPS) is 10.4. The number of ether oxygens (including phenoxy) is 1. The van der Waals surface area contributed by atoms with Crippen LogP contribution in [0.3, 0.4) is 0 Å². The molecular formula is C15H17FN2O. The monoisotopic (exact) mass is 260 g/mol. The van der Waals surface area contributed by atoms with Gasteiger partial charge in [-0.1, -0.05) is 18.2 Å². The molecule has 0 saturated carbocycles. The van der Waals surface area contributed by atoms with Gasteiger partial charge in [0.25, 0.3) is 0 Å². The molecule has 0 spiro atoms. The highest BCUT2D eigenvalue weighted by atomic mass is 19.1. The Bertz CT molecular complexity index is 531. The van der Waals surface area contributed by atoms with E-state index < -0.39 is 0 Å². The Morgan fingerprint density at radius 2 is 2.11 bits per heavy atom. The topological polar surface area (TPSA) is 34.1 Å². The zero-order chi connectivity index (χ0) is 13.5. The third-order valence-electron chi connectivity index (χ3n) is 2.84. The zero-order valence-corrected chi connectivity index (χ0v) is 10.9. The molecule has 2 rings (SSSR count). The van der Waals surface area contributed by atoms with Crippen molar-refractivity contribution in [2.45, 2.75) is 13.0 Å². The maximum Gasteiger partial charge on any atom is 0.141 e. The predicted molar refractivity (Wildman–Crippen MR) is 73.5 cm³/mol. The third kappa shape index (κ3) is 4.03.